The van der Waals surface area contributed by atoms with Gasteiger partial charge in [-0.15, -0.1) is 0 Å². The predicted octanol–water partition coefficient (Wildman–Crippen LogP) is 2.74. The fourth-order valence-corrected chi connectivity index (χ4v) is 2.43. The van der Waals surface area contributed by atoms with Gasteiger partial charge in [-0.25, -0.2) is 9.97 Å². The van der Waals surface area contributed by atoms with Gasteiger partial charge in [-0.05, 0) is 42.7 Å². The summed E-state index contributed by atoms with van der Waals surface area (Å²) in [4.78, 5) is 12.9. The van der Waals surface area contributed by atoms with Gasteiger partial charge < -0.3 is 10.6 Å². The molecule has 0 spiro atoms. The van der Waals surface area contributed by atoms with Crippen molar-refractivity contribution in [2.45, 2.75) is 13.3 Å². The summed E-state index contributed by atoms with van der Waals surface area (Å²) < 4.78 is 0. The van der Waals surface area contributed by atoms with Crippen molar-refractivity contribution in [2.75, 3.05) is 11.9 Å². The highest BCUT2D eigenvalue weighted by molar-refractivity contribution is 5.80. The summed E-state index contributed by atoms with van der Waals surface area (Å²) in [5.74, 6) is 0.508. The molecule has 0 atom stereocenters. The molecule has 0 bridgehead atoms. The van der Waals surface area contributed by atoms with Crippen LogP contribution in [0.2, 0.25) is 0 Å². The van der Waals surface area contributed by atoms with Crippen LogP contribution >= 0.6 is 0 Å². The van der Waals surface area contributed by atoms with Crippen molar-refractivity contribution in [1.29, 1.82) is 5.26 Å². The number of anilines is 1. The molecule has 0 saturated carbocycles. The highest BCUT2D eigenvalue weighted by atomic mass is 15.1. The Labute approximate surface area is 146 Å². The minimum Gasteiger partial charge on any atom is -0.361 e. The lowest BCUT2D eigenvalue weighted by atomic mass is 10.1. The first-order valence-corrected chi connectivity index (χ1v) is 7.99. The number of rotatable bonds is 5. The lowest BCUT2D eigenvalue weighted by Crippen LogP contribution is -2.12. The average molecular weight is 330 g/mol. The van der Waals surface area contributed by atoms with Gasteiger partial charge in [0.2, 0.25) is 5.95 Å². The van der Waals surface area contributed by atoms with E-state index in [9.17, 15) is 5.26 Å². The molecule has 0 radical (unpaired) electrons. The molecule has 2 aromatic heterocycles. The van der Waals surface area contributed by atoms with Crippen LogP contribution in [0.15, 0.2) is 60.8 Å². The second-order valence-corrected chi connectivity index (χ2v) is 5.53. The number of hydrogen-bond donors (Lipinski definition) is 2. The number of nitriles is 1. The van der Waals surface area contributed by atoms with E-state index in [0.29, 0.717) is 23.8 Å². The summed E-state index contributed by atoms with van der Waals surface area (Å²) >= 11 is 0. The summed E-state index contributed by atoms with van der Waals surface area (Å²) in [6.07, 6.45) is 13.5. The Kier molecular flexibility index (Phi) is 5.17. The monoisotopic (exact) mass is 330 g/mol. The molecule has 0 saturated heterocycles. The van der Waals surface area contributed by atoms with Crippen molar-refractivity contribution in [3.05, 3.63) is 77.7 Å². The van der Waals surface area contributed by atoms with Crippen molar-refractivity contribution >= 4 is 11.5 Å². The van der Waals surface area contributed by atoms with Gasteiger partial charge in [0, 0.05) is 31.3 Å². The third kappa shape index (κ3) is 4.09. The van der Waals surface area contributed by atoms with Crippen molar-refractivity contribution < 1.29 is 0 Å². The maximum atomic E-state index is 9.58. The van der Waals surface area contributed by atoms with Gasteiger partial charge in [-0.1, -0.05) is 12.1 Å². The molecule has 6 heteroatoms. The normalized spacial score (nSPS) is 14.6. The van der Waals surface area contributed by atoms with E-state index in [2.05, 4.69) is 31.7 Å². The van der Waals surface area contributed by atoms with Gasteiger partial charge in [-0.3, -0.25) is 4.98 Å². The van der Waals surface area contributed by atoms with E-state index in [1.807, 2.05) is 43.5 Å². The molecule has 3 rings (SSSR count). The fraction of sp³-hybridized carbons (Fsp3) is 0.158. The smallest absolute Gasteiger partial charge is 0.223 e. The maximum Gasteiger partial charge on any atom is 0.223 e. The predicted molar refractivity (Wildman–Crippen MR) is 97.1 cm³/mol. The minimum atomic E-state index is 0.496. The highest BCUT2D eigenvalue weighted by Crippen LogP contribution is 2.21. The van der Waals surface area contributed by atoms with E-state index < -0.39 is 0 Å². The van der Waals surface area contributed by atoms with Crippen LogP contribution in [0.1, 0.15) is 16.8 Å². The summed E-state index contributed by atoms with van der Waals surface area (Å²) in [6.45, 7) is 2.59. The Morgan fingerprint density at radius 1 is 1.32 bits per heavy atom. The first-order valence-electron chi connectivity index (χ1n) is 7.99. The molecular weight excluding hydrogens is 312 g/mol. The van der Waals surface area contributed by atoms with Gasteiger partial charge in [-0.2, -0.15) is 5.26 Å². The topological polar surface area (TPSA) is 86.5 Å². The van der Waals surface area contributed by atoms with Crippen LogP contribution in [0.4, 0.5) is 5.95 Å². The number of pyridine rings is 1. The molecule has 1 aliphatic heterocycles. The molecule has 0 fully saturated rings. The lowest BCUT2D eigenvalue weighted by Gasteiger charge is -2.12. The van der Waals surface area contributed by atoms with Crippen LogP contribution in [-0.2, 0) is 6.42 Å². The quantitative estimate of drug-likeness (QED) is 0.820. The molecule has 2 N–H and O–H groups in total. The van der Waals surface area contributed by atoms with E-state index in [4.69, 9.17) is 0 Å². The third-order valence-electron chi connectivity index (χ3n) is 3.72. The summed E-state index contributed by atoms with van der Waals surface area (Å²) in [5.41, 5.74) is 3.85. The summed E-state index contributed by atoms with van der Waals surface area (Å²) in [5, 5.41) is 15.9. The Balaban J connectivity index is 1.77. The van der Waals surface area contributed by atoms with Crippen LogP contribution in [0, 0.1) is 18.3 Å². The number of dihydropyridines is 1. The third-order valence-corrected chi connectivity index (χ3v) is 3.72. The molecule has 0 amide bonds. The Morgan fingerprint density at radius 2 is 2.24 bits per heavy atom. The first-order chi connectivity index (χ1) is 12.3. The molecule has 124 valence electrons. The van der Waals surface area contributed by atoms with Crippen LogP contribution in [0.3, 0.4) is 0 Å². The molecule has 0 unspecified atom stereocenters. The standard InChI is InChI=1S/C19H18N6/c1-14-12-24-19(23-10-7-15-5-4-8-21-13-15)25-18(14)16(11-20)17-6-2-3-9-22-17/h2-6,8-9,12-13,22H,7,10H2,1H3,(H,23,24,25)/b17-16+. The van der Waals surface area contributed by atoms with Crippen LogP contribution < -0.4 is 10.6 Å². The van der Waals surface area contributed by atoms with E-state index >= 15 is 0 Å². The van der Waals surface area contributed by atoms with E-state index in [1.54, 1.807) is 18.6 Å². The second kappa shape index (κ2) is 7.88. The molecule has 25 heavy (non-hydrogen) atoms. The number of hydrogen-bond acceptors (Lipinski definition) is 6. The van der Waals surface area contributed by atoms with Crippen molar-refractivity contribution in [3.8, 4) is 6.07 Å². The Morgan fingerprint density at radius 3 is 2.96 bits per heavy atom. The van der Waals surface area contributed by atoms with Crippen molar-refractivity contribution in [2.24, 2.45) is 0 Å². The number of aromatic nitrogens is 3. The maximum absolute atomic E-state index is 9.58. The fourth-order valence-electron chi connectivity index (χ4n) is 2.43. The largest absolute Gasteiger partial charge is 0.361 e. The van der Waals surface area contributed by atoms with Gasteiger partial charge in [0.1, 0.15) is 11.6 Å². The number of allylic oxidation sites excluding steroid dienone is 4. The lowest BCUT2D eigenvalue weighted by molar-refractivity contribution is 0.966. The zero-order valence-corrected chi connectivity index (χ0v) is 13.9. The van der Waals surface area contributed by atoms with E-state index in [-0.39, 0.29) is 0 Å². The summed E-state index contributed by atoms with van der Waals surface area (Å²) in [7, 11) is 0. The molecule has 1 aliphatic rings. The zero-order chi connectivity index (χ0) is 17.5. The minimum absolute atomic E-state index is 0.496. The Bertz CT molecular complexity index is 875. The van der Waals surface area contributed by atoms with E-state index in [0.717, 1.165) is 23.2 Å². The molecule has 2 aromatic rings. The summed E-state index contributed by atoms with van der Waals surface area (Å²) in [6, 6.07) is 6.19. The molecule has 3 heterocycles. The molecule has 0 aliphatic carbocycles. The van der Waals surface area contributed by atoms with Crippen molar-refractivity contribution in [3.63, 3.8) is 0 Å². The number of aryl methyl sites for hydroxylation is 1. The second-order valence-electron chi connectivity index (χ2n) is 5.53. The molecular formula is C19H18N6. The van der Waals surface area contributed by atoms with Crippen LogP contribution in [0.5, 0.6) is 0 Å². The number of nitrogens with zero attached hydrogens (tertiary/aromatic N) is 4. The highest BCUT2D eigenvalue weighted by Gasteiger charge is 2.13. The zero-order valence-electron chi connectivity index (χ0n) is 13.9. The number of nitrogens with one attached hydrogen (secondary N) is 2. The molecule has 0 aromatic carbocycles. The first kappa shape index (κ1) is 16.4. The molecule has 6 nitrogen and oxygen atoms in total. The Hall–Kier alpha value is -3.46. The van der Waals surface area contributed by atoms with Gasteiger partial charge in [0.15, 0.2) is 0 Å². The van der Waals surface area contributed by atoms with Gasteiger partial charge in [0.25, 0.3) is 0 Å². The SMILES string of the molecule is Cc1cnc(NCCc2cccnc2)nc1/C(C#N)=C1\C=CC=CN1. The van der Waals surface area contributed by atoms with Gasteiger partial charge in [0.05, 0.1) is 11.4 Å². The van der Waals surface area contributed by atoms with Crippen LogP contribution in [0.25, 0.3) is 5.57 Å². The van der Waals surface area contributed by atoms with Crippen LogP contribution in [-0.4, -0.2) is 21.5 Å². The van der Waals surface area contributed by atoms with E-state index in [1.165, 1.54) is 0 Å². The van der Waals surface area contributed by atoms with Crippen molar-refractivity contribution in [1.82, 2.24) is 20.3 Å². The van der Waals surface area contributed by atoms with Gasteiger partial charge >= 0.3 is 0 Å². The average Bonchev–Trinajstić information content (AvgIpc) is 2.66.